The number of sulfonamides is 1. The van der Waals surface area contributed by atoms with E-state index in [0.29, 0.717) is 17.3 Å². The Morgan fingerprint density at radius 1 is 1.23 bits per heavy atom. The number of piperidine rings is 2. The molecule has 9 heteroatoms. The van der Waals surface area contributed by atoms with Gasteiger partial charge in [0.2, 0.25) is 5.91 Å². The van der Waals surface area contributed by atoms with Crippen LogP contribution < -0.4 is 5.32 Å². The van der Waals surface area contributed by atoms with Crippen molar-refractivity contribution in [3.8, 4) is 0 Å². The van der Waals surface area contributed by atoms with Crippen molar-refractivity contribution in [2.75, 3.05) is 33.2 Å². The van der Waals surface area contributed by atoms with Gasteiger partial charge in [-0.1, -0.05) is 6.42 Å². The number of rotatable bonds is 5. The van der Waals surface area contributed by atoms with Crippen molar-refractivity contribution in [1.82, 2.24) is 14.5 Å². The molecule has 6 nitrogen and oxygen atoms in total. The molecule has 0 spiro atoms. The van der Waals surface area contributed by atoms with E-state index in [2.05, 4.69) is 5.32 Å². The number of carbonyl (C=O) groups excluding carboxylic acids is 1. The molecule has 2 saturated heterocycles. The zero-order valence-electron chi connectivity index (χ0n) is 15.1. The lowest BCUT2D eigenvalue weighted by molar-refractivity contribution is -0.131. The number of nitrogens with zero attached hydrogens (tertiary/aromatic N) is 2. The van der Waals surface area contributed by atoms with Gasteiger partial charge in [-0.05, 0) is 50.9 Å². The van der Waals surface area contributed by atoms with Gasteiger partial charge in [0.25, 0.3) is 10.0 Å². The first kappa shape index (κ1) is 21.6. The standard InChI is InChI=1S/C17H27N3O3S2.ClH/c1-19(14-7-9-18-10-8-14)16(21)13-15-5-6-17(24-15)25(22,23)20-11-3-2-4-12-20;/h5-6,14,18H,2-4,7-13H2,1H3;1H. The zero-order valence-corrected chi connectivity index (χ0v) is 17.6. The van der Waals surface area contributed by atoms with Gasteiger partial charge in [0.05, 0.1) is 6.42 Å². The SMILES string of the molecule is CN(C(=O)Cc1ccc(S(=O)(=O)N2CCCCC2)s1)C1CCNCC1.Cl. The molecule has 1 amide bonds. The molecule has 0 unspecified atom stereocenters. The van der Waals surface area contributed by atoms with Gasteiger partial charge in [0.1, 0.15) is 4.21 Å². The van der Waals surface area contributed by atoms with Crippen molar-refractivity contribution >= 4 is 39.7 Å². The second-order valence-electron chi connectivity index (χ2n) is 6.85. The predicted molar refractivity (Wildman–Crippen MR) is 107 cm³/mol. The van der Waals surface area contributed by atoms with E-state index in [1.54, 1.807) is 16.4 Å². The summed E-state index contributed by atoms with van der Waals surface area (Å²) in [4.78, 5) is 15.2. The molecule has 148 valence electrons. The monoisotopic (exact) mass is 421 g/mol. The Labute approximate surface area is 166 Å². The van der Waals surface area contributed by atoms with Crippen molar-refractivity contribution in [1.29, 1.82) is 0 Å². The minimum atomic E-state index is -3.40. The Morgan fingerprint density at radius 2 is 1.88 bits per heavy atom. The lowest BCUT2D eigenvalue weighted by atomic mass is 10.1. The fourth-order valence-corrected chi connectivity index (χ4v) is 6.51. The molecule has 2 aliphatic rings. The molecule has 0 aromatic carbocycles. The molecule has 0 aliphatic carbocycles. The first-order valence-electron chi connectivity index (χ1n) is 9.04. The van der Waals surface area contributed by atoms with E-state index in [-0.39, 0.29) is 30.8 Å². The molecule has 1 aromatic heterocycles. The van der Waals surface area contributed by atoms with E-state index in [1.165, 1.54) is 11.3 Å². The third-order valence-corrected chi connectivity index (χ3v) is 8.57. The Balaban J connectivity index is 0.00000243. The van der Waals surface area contributed by atoms with Gasteiger partial charge in [-0.2, -0.15) is 4.31 Å². The Hall–Kier alpha value is -0.670. The van der Waals surface area contributed by atoms with Crippen LogP contribution in [0.4, 0.5) is 0 Å². The summed E-state index contributed by atoms with van der Waals surface area (Å²) in [6, 6.07) is 3.72. The third-order valence-electron chi connectivity index (χ3n) is 5.12. The minimum Gasteiger partial charge on any atom is -0.342 e. The van der Waals surface area contributed by atoms with Gasteiger partial charge >= 0.3 is 0 Å². The molecule has 3 rings (SSSR count). The molecule has 0 atom stereocenters. The van der Waals surface area contributed by atoms with Crippen LogP contribution in [0.1, 0.15) is 37.0 Å². The first-order chi connectivity index (χ1) is 12.0. The predicted octanol–water partition coefficient (Wildman–Crippen LogP) is 2.10. The lowest BCUT2D eigenvalue weighted by Gasteiger charge is -2.31. The maximum absolute atomic E-state index is 12.7. The number of carbonyl (C=O) groups is 1. The van der Waals surface area contributed by atoms with Crippen molar-refractivity contribution < 1.29 is 13.2 Å². The number of amides is 1. The molecule has 3 heterocycles. The maximum Gasteiger partial charge on any atom is 0.252 e. The van der Waals surface area contributed by atoms with E-state index in [1.807, 2.05) is 11.9 Å². The average Bonchev–Trinajstić information content (AvgIpc) is 3.12. The molecule has 2 fully saturated rings. The van der Waals surface area contributed by atoms with E-state index < -0.39 is 10.0 Å². The number of hydrogen-bond donors (Lipinski definition) is 1. The molecule has 1 aromatic rings. The molecule has 0 saturated carbocycles. The summed E-state index contributed by atoms with van der Waals surface area (Å²) in [6.07, 6.45) is 5.18. The highest BCUT2D eigenvalue weighted by molar-refractivity contribution is 7.91. The largest absolute Gasteiger partial charge is 0.342 e. The highest BCUT2D eigenvalue weighted by Crippen LogP contribution is 2.27. The van der Waals surface area contributed by atoms with E-state index in [0.717, 1.165) is 50.1 Å². The second-order valence-corrected chi connectivity index (χ2v) is 10.2. The number of likely N-dealkylation sites (N-methyl/N-ethyl adjacent to an activating group) is 1. The van der Waals surface area contributed by atoms with E-state index in [4.69, 9.17) is 0 Å². The van der Waals surface area contributed by atoms with E-state index >= 15 is 0 Å². The maximum atomic E-state index is 12.7. The van der Waals surface area contributed by atoms with Crippen LogP contribution in [-0.4, -0.2) is 62.8 Å². The van der Waals surface area contributed by atoms with Crippen LogP contribution in [0.3, 0.4) is 0 Å². The van der Waals surface area contributed by atoms with Crippen LogP contribution in [0.2, 0.25) is 0 Å². The molecular weight excluding hydrogens is 394 g/mol. The normalized spacial score (nSPS) is 19.7. The average molecular weight is 422 g/mol. The first-order valence-corrected chi connectivity index (χ1v) is 11.3. The third kappa shape index (κ3) is 4.98. The van der Waals surface area contributed by atoms with Gasteiger partial charge in [-0.3, -0.25) is 4.79 Å². The van der Waals surface area contributed by atoms with Gasteiger partial charge < -0.3 is 10.2 Å². The molecular formula is C17H28ClN3O3S2. The second kappa shape index (κ2) is 9.50. The zero-order chi connectivity index (χ0) is 17.9. The molecule has 2 aliphatic heterocycles. The van der Waals surface area contributed by atoms with Crippen LogP contribution in [0.25, 0.3) is 0 Å². The van der Waals surface area contributed by atoms with Gasteiger partial charge in [-0.15, -0.1) is 23.7 Å². The Morgan fingerprint density at radius 3 is 2.54 bits per heavy atom. The topological polar surface area (TPSA) is 69.7 Å². The number of nitrogens with one attached hydrogen (secondary N) is 1. The molecule has 0 bridgehead atoms. The van der Waals surface area contributed by atoms with E-state index in [9.17, 15) is 13.2 Å². The van der Waals surface area contributed by atoms with Gasteiger partial charge in [0, 0.05) is 31.1 Å². The van der Waals surface area contributed by atoms with Crippen LogP contribution in [0, 0.1) is 0 Å². The fraction of sp³-hybridized carbons (Fsp3) is 0.706. The van der Waals surface area contributed by atoms with Crippen molar-refractivity contribution in [3.63, 3.8) is 0 Å². The van der Waals surface area contributed by atoms with Crippen LogP contribution >= 0.6 is 23.7 Å². The highest BCUT2D eigenvalue weighted by Gasteiger charge is 2.28. The summed E-state index contributed by atoms with van der Waals surface area (Å²) >= 11 is 1.24. The quantitative estimate of drug-likeness (QED) is 0.790. The lowest BCUT2D eigenvalue weighted by Crippen LogP contribution is -2.44. The van der Waals surface area contributed by atoms with Gasteiger partial charge in [0.15, 0.2) is 0 Å². The van der Waals surface area contributed by atoms with Crippen molar-refractivity contribution in [3.05, 3.63) is 17.0 Å². The summed E-state index contributed by atoms with van der Waals surface area (Å²) < 4.78 is 27.3. The summed E-state index contributed by atoms with van der Waals surface area (Å²) in [5.41, 5.74) is 0. The summed E-state index contributed by atoms with van der Waals surface area (Å²) in [7, 11) is -1.54. The van der Waals surface area contributed by atoms with Crippen LogP contribution in [0.5, 0.6) is 0 Å². The Bertz CT molecular complexity index is 696. The summed E-state index contributed by atoms with van der Waals surface area (Å²) in [5, 5.41) is 3.30. The van der Waals surface area contributed by atoms with Crippen molar-refractivity contribution in [2.24, 2.45) is 0 Å². The smallest absolute Gasteiger partial charge is 0.252 e. The number of thiophene rings is 1. The highest BCUT2D eigenvalue weighted by atomic mass is 35.5. The van der Waals surface area contributed by atoms with Gasteiger partial charge in [-0.25, -0.2) is 8.42 Å². The summed E-state index contributed by atoms with van der Waals surface area (Å²) in [6.45, 7) is 3.10. The number of halogens is 1. The summed E-state index contributed by atoms with van der Waals surface area (Å²) in [5.74, 6) is 0.0654. The molecule has 26 heavy (non-hydrogen) atoms. The Kier molecular flexibility index (Phi) is 7.90. The van der Waals surface area contributed by atoms with Crippen molar-refractivity contribution in [2.45, 2.75) is 48.8 Å². The molecule has 1 N–H and O–H groups in total. The molecule has 0 radical (unpaired) electrons. The fourth-order valence-electron chi connectivity index (χ4n) is 3.50. The minimum absolute atomic E-state index is 0. The number of hydrogen-bond acceptors (Lipinski definition) is 5. The van der Waals surface area contributed by atoms with Crippen LogP contribution in [0.15, 0.2) is 16.3 Å². The van der Waals surface area contributed by atoms with Crippen LogP contribution in [-0.2, 0) is 21.2 Å².